The van der Waals surface area contributed by atoms with Gasteiger partial charge in [0.1, 0.15) is 23.3 Å². The van der Waals surface area contributed by atoms with E-state index in [2.05, 4.69) is 4.98 Å². The molecule has 1 aromatic heterocycles. The highest BCUT2D eigenvalue weighted by atomic mass is 19.1. The molecule has 11 heteroatoms. The Morgan fingerprint density at radius 3 is 2.45 bits per heavy atom. The van der Waals surface area contributed by atoms with Crippen LogP contribution in [0.4, 0.5) is 9.18 Å². The van der Waals surface area contributed by atoms with E-state index in [4.69, 9.17) is 9.47 Å². The van der Waals surface area contributed by atoms with Crippen molar-refractivity contribution in [1.29, 1.82) is 5.26 Å². The first-order chi connectivity index (χ1) is 22.4. The number of carbonyl (C=O) groups is 4. The van der Waals surface area contributed by atoms with Crippen molar-refractivity contribution in [2.24, 2.45) is 11.8 Å². The van der Waals surface area contributed by atoms with Crippen LogP contribution in [0, 0.1) is 29.0 Å². The van der Waals surface area contributed by atoms with Gasteiger partial charge in [-0.3, -0.25) is 19.4 Å². The first-order valence-electron chi connectivity index (χ1n) is 16.4. The number of carbonyl (C=O) groups excluding carboxylic acids is 4. The number of halogens is 1. The predicted molar refractivity (Wildman–Crippen MR) is 172 cm³/mol. The molecule has 1 unspecified atom stereocenters. The van der Waals surface area contributed by atoms with Crippen LogP contribution in [0.25, 0.3) is 11.1 Å². The normalized spacial score (nSPS) is 17.8. The molecule has 0 N–H and O–H groups in total. The summed E-state index contributed by atoms with van der Waals surface area (Å²) in [7, 11) is 1.30. The summed E-state index contributed by atoms with van der Waals surface area (Å²) in [4.78, 5) is 59.4. The third-order valence-corrected chi connectivity index (χ3v) is 9.00. The zero-order chi connectivity index (χ0) is 34.1. The smallest absolute Gasteiger partial charge is 0.410 e. The number of Topliss-reactive ketones (excluding diaryl/α,β-unsaturated/α-hetero) is 1. The van der Waals surface area contributed by atoms with Gasteiger partial charge >= 0.3 is 12.1 Å². The lowest BCUT2D eigenvalue weighted by Gasteiger charge is -2.35. The summed E-state index contributed by atoms with van der Waals surface area (Å²) in [5, 5.41) is 9.24. The Morgan fingerprint density at radius 1 is 1.02 bits per heavy atom. The van der Waals surface area contributed by atoms with E-state index in [1.807, 2.05) is 26.8 Å². The van der Waals surface area contributed by atoms with Crippen molar-refractivity contribution in [3.05, 3.63) is 53.6 Å². The Labute approximate surface area is 276 Å². The number of rotatable bonds is 10. The highest BCUT2D eigenvalue weighted by molar-refractivity contribution is 5.84. The molecule has 0 radical (unpaired) electrons. The molecule has 2 aliphatic heterocycles. The number of nitrogens with zero attached hydrogens (tertiary/aromatic N) is 4. The SMILES string of the molecule is COC(=O)CC(CC(=O)[C@@H]1CCCN(C(=O)CCC2CCN(C(=O)OC(C)(C)C)CC2)C1)c1cncc(-c2ccc(F)c(C#N)c2)c1. The first kappa shape index (κ1) is 35.5. The molecule has 0 bridgehead atoms. The minimum absolute atomic E-state index is 0.0233. The third kappa shape index (κ3) is 10.1. The molecule has 2 saturated heterocycles. The van der Waals surface area contributed by atoms with E-state index >= 15 is 0 Å². The van der Waals surface area contributed by atoms with Gasteiger partial charge in [-0.1, -0.05) is 6.07 Å². The first-order valence-corrected chi connectivity index (χ1v) is 16.4. The molecule has 0 saturated carbocycles. The Kier molecular flexibility index (Phi) is 12.1. The van der Waals surface area contributed by atoms with Crippen LogP contribution in [-0.4, -0.2) is 77.4 Å². The number of esters is 1. The highest BCUT2D eigenvalue weighted by Crippen LogP contribution is 2.32. The number of benzene rings is 1. The van der Waals surface area contributed by atoms with Gasteiger partial charge < -0.3 is 19.3 Å². The number of nitriles is 1. The fraction of sp³-hybridized carbons (Fsp3) is 0.556. The van der Waals surface area contributed by atoms with Crippen LogP contribution in [0.3, 0.4) is 0 Å². The average Bonchev–Trinajstić information content (AvgIpc) is 3.06. The van der Waals surface area contributed by atoms with E-state index in [9.17, 15) is 28.8 Å². The third-order valence-electron chi connectivity index (χ3n) is 9.00. The second kappa shape index (κ2) is 16.0. The lowest BCUT2D eigenvalue weighted by Crippen LogP contribution is -2.43. The molecule has 0 spiro atoms. The summed E-state index contributed by atoms with van der Waals surface area (Å²) < 4.78 is 24.3. The van der Waals surface area contributed by atoms with Crippen molar-refractivity contribution < 1.29 is 33.0 Å². The van der Waals surface area contributed by atoms with Gasteiger partial charge in [0.15, 0.2) is 0 Å². The molecule has 2 amide bonds. The molecule has 10 nitrogen and oxygen atoms in total. The largest absolute Gasteiger partial charge is 0.469 e. The predicted octanol–water partition coefficient (Wildman–Crippen LogP) is 6.03. The van der Waals surface area contributed by atoms with Gasteiger partial charge in [-0.15, -0.1) is 0 Å². The molecule has 2 atom stereocenters. The lowest BCUT2D eigenvalue weighted by molar-refractivity contribution is -0.141. The summed E-state index contributed by atoms with van der Waals surface area (Å²) in [5.74, 6) is -1.55. The Bertz CT molecular complexity index is 1490. The number of hydrogen-bond acceptors (Lipinski definition) is 8. The topological polar surface area (TPSA) is 130 Å². The Balaban J connectivity index is 1.34. The number of piperidine rings is 2. The van der Waals surface area contributed by atoms with Crippen LogP contribution < -0.4 is 0 Å². The van der Waals surface area contributed by atoms with Crippen LogP contribution in [0.5, 0.6) is 0 Å². The molecule has 4 rings (SSSR count). The van der Waals surface area contributed by atoms with Gasteiger partial charge in [0.05, 0.1) is 19.1 Å². The van der Waals surface area contributed by atoms with Gasteiger partial charge in [0.2, 0.25) is 5.91 Å². The standard InChI is InChI=1S/C36H45FN4O6/c1-36(2,3)47-35(45)40-14-11-24(12-15-40)7-10-33(43)41-13-5-6-26(23-41)32(42)18-27(19-34(44)46-4)30-17-29(21-39-22-30)25-8-9-31(37)28(16-25)20-38/h8-9,16-17,21-22,24,26-27H,5-7,10-15,18-19,23H2,1-4H3/t26-,27?/m1/s1. The number of amides is 2. The van der Waals surface area contributed by atoms with Crippen molar-refractivity contribution >= 4 is 23.8 Å². The van der Waals surface area contributed by atoms with E-state index in [0.717, 1.165) is 25.7 Å². The summed E-state index contributed by atoms with van der Waals surface area (Å²) in [5.41, 5.74) is 1.26. The lowest BCUT2D eigenvalue weighted by atomic mass is 9.84. The Morgan fingerprint density at radius 2 is 1.77 bits per heavy atom. The number of ketones is 1. The number of pyridine rings is 1. The monoisotopic (exact) mass is 648 g/mol. The average molecular weight is 649 g/mol. The zero-order valence-electron chi connectivity index (χ0n) is 27.8. The summed E-state index contributed by atoms with van der Waals surface area (Å²) in [6, 6.07) is 7.86. The van der Waals surface area contributed by atoms with Crippen molar-refractivity contribution in [3.8, 4) is 17.2 Å². The van der Waals surface area contributed by atoms with Crippen LogP contribution in [0.15, 0.2) is 36.7 Å². The summed E-state index contributed by atoms with van der Waals surface area (Å²) in [6.07, 6.45) is 7.13. The quantitative estimate of drug-likeness (QED) is 0.286. The molecule has 3 heterocycles. The van der Waals surface area contributed by atoms with Gasteiger partial charge in [-0.05, 0) is 88.1 Å². The van der Waals surface area contributed by atoms with E-state index in [1.54, 1.807) is 34.3 Å². The molecule has 2 fully saturated rings. The van der Waals surface area contributed by atoms with Crippen molar-refractivity contribution in [1.82, 2.24) is 14.8 Å². The molecule has 0 aliphatic carbocycles. The summed E-state index contributed by atoms with van der Waals surface area (Å²) in [6.45, 7) is 7.74. The van der Waals surface area contributed by atoms with Crippen molar-refractivity contribution in [2.75, 3.05) is 33.3 Å². The van der Waals surface area contributed by atoms with Crippen molar-refractivity contribution in [3.63, 3.8) is 0 Å². The molecular weight excluding hydrogens is 603 g/mol. The minimum atomic E-state index is -0.616. The van der Waals surface area contributed by atoms with Crippen LogP contribution in [0.2, 0.25) is 0 Å². The molecule has 1 aromatic carbocycles. The fourth-order valence-electron chi connectivity index (χ4n) is 6.31. The molecule has 47 heavy (non-hydrogen) atoms. The van der Waals surface area contributed by atoms with Crippen molar-refractivity contribution in [2.45, 2.75) is 83.7 Å². The van der Waals surface area contributed by atoms with E-state index in [1.165, 1.54) is 19.2 Å². The number of hydrogen-bond donors (Lipinski definition) is 0. The molecule has 2 aliphatic rings. The highest BCUT2D eigenvalue weighted by Gasteiger charge is 2.32. The molecular formula is C36H45FN4O6. The van der Waals surface area contributed by atoms with Gasteiger partial charge in [-0.25, -0.2) is 9.18 Å². The van der Waals surface area contributed by atoms with E-state index in [0.29, 0.717) is 61.6 Å². The van der Waals surface area contributed by atoms with E-state index < -0.39 is 23.3 Å². The van der Waals surface area contributed by atoms with Crippen LogP contribution in [-0.2, 0) is 23.9 Å². The number of ether oxygens (including phenoxy) is 2. The number of aromatic nitrogens is 1. The van der Waals surface area contributed by atoms with Crippen LogP contribution >= 0.6 is 0 Å². The second-order valence-electron chi connectivity index (χ2n) is 13.6. The number of likely N-dealkylation sites (tertiary alicyclic amines) is 2. The summed E-state index contributed by atoms with van der Waals surface area (Å²) >= 11 is 0. The maximum Gasteiger partial charge on any atom is 0.410 e. The fourth-order valence-corrected chi connectivity index (χ4v) is 6.31. The van der Waals surface area contributed by atoms with E-state index in [-0.39, 0.29) is 42.1 Å². The van der Waals surface area contributed by atoms with Gasteiger partial charge in [0, 0.05) is 68.8 Å². The molecule has 252 valence electrons. The maximum atomic E-state index is 13.9. The zero-order valence-corrected chi connectivity index (χ0v) is 27.8. The minimum Gasteiger partial charge on any atom is -0.469 e. The van der Waals surface area contributed by atoms with Gasteiger partial charge in [-0.2, -0.15) is 5.26 Å². The maximum absolute atomic E-state index is 13.9. The second-order valence-corrected chi connectivity index (χ2v) is 13.6. The molecule has 2 aromatic rings. The Hall–Kier alpha value is -4.33. The number of methoxy groups -OCH3 is 1. The van der Waals surface area contributed by atoms with Gasteiger partial charge in [0.25, 0.3) is 0 Å². The van der Waals surface area contributed by atoms with Crippen LogP contribution in [0.1, 0.15) is 89.2 Å².